The lowest BCUT2D eigenvalue weighted by atomic mass is 9.84. The molecule has 0 radical (unpaired) electrons. The second-order valence-electron chi connectivity index (χ2n) is 6.43. The molecule has 1 saturated heterocycles. The molecule has 0 aliphatic carbocycles. The first-order valence-electron chi connectivity index (χ1n) is 6.95. The predicted molar refractivity (Wildman–Crippen MR) is 76.0 cm³/mol. The minimum Gasteiger partial charge on any atom is -0.395 e. The summed E-state index contributed by atoms with van der Waals surface area (Å²) in [5.74, 6) is 0.599. The average molecular weight is 247 g/mol. The summed E-state index contributed by atoms with van der Waals surface area (Å²) in [5.41, 5.74) is 3.04. The Morgan fingerprint density at radius 1 is 1.17 bits per heavy atom. The molecular weight excluding hydrogens is 222 g/mol. The number of hydrogen-bond acceptors (Lipinski definition) is 2. The second kappa shape index (κ2) is 5.41. The highest BCUT2D eigenvalue weighted by Crippen LogP contribution is 2.28. The largest absolute Gasteiger partial charge is 0.395 e. The third kappa shape index (κ3) is 3.12. The van der Waals surface area contributed by atoms with E-state index in [4.69, 9.17) is 5.11 Å². The molecule has 1 aromatic rings. The normalized spacial score (nSPS) is 25.1. The minimum atomic E-state index is 0.228. The van der Waals surface area contributed by atoms with Crippen LogP contribution in [0.4, 0.5) is 0 Å². The number of hydrogen-bond donors (Lipinski definition) is 2. The van der Waals surface area contributed by atoms with Crippen molar-refractivity contribution >= 4 is 0 Å². The van der Waals surface area contributed by atoms with Gasteiger partial charge < -0.3 is 10.4 Å². The molecule has 2 N–H and O–H groups in total. The van der Waals surface area contributed by atoms with E-state index in [-0.39, 0.29) is 12.0 Å². The lowest BCUT2D eigenvalue weighted by Gasteiger charge is -2.29. The number of piperidine rings is 1. The maximum absolute atomic E-state index is 9.11. The highest BCUT2D eigenvalue weighted by atomic mass is 16.3. The van der Waals surface area contributed by atoms with E-state index >= 15 is 0 Å². The average Bonchev–Trinajstić information content (AvgIpc) is 2.38. The van der Waals surface area contributed by atoms with Gasteiger partial charge in [-0.1, -0.05) is 45.0 Å². The molecule has 1 aliphatic rings. The molecule has 100 valence electrons. The summed E-state index contributed by atoms with van der Waals surface area (Å²) in [6, 6.07) is 9.36. The molecule has 0 aromatic heterocycles. The number of benzene rings is 1. The van der Waals surface area contributed by atoms with Crippen LogP contribution in [0.5, 0.6) is 0 Å². The maximum atomic E-state index is 9.11. The van der Waals surface area contributed by atoms with Crippen molar-refractivity contribution < 1.29 is 5.11 Å². The van der Waals surface area contributed by atoms with Gasteiger partial charge in [0.05, 0.1) is 6.61 Å². The molecule has 2 atom stereocenters. The summed E-state index contributed by atoms with van der Waals surface area (Å²) in [4.78, 5) is 0. The first-order valence-corrected chi connectivity index (χ1v) is 6.95. The van der Waals surface area contributed by atoms with Crippen molar-refractivity contribution in [3.8, 4) is 0 Å². The van der Waals surface area contributed by atoms with E-state index in [0.717, 1.165) is 13.0 Å². The molecule has 0 saturated carbocycles. The summed E-state index contributed by atoms with van der Waals surface area (Å²) >= 11 is 0. The van der Waals surface area contributed by atoms with Crippen LogP contribution < -0.4 is 5.32 Å². The Balaban J connectivity index is 2.02. The second-order valence-corrected chi connectivity index (χ2v) is 6.43. The molecule has 0 bridgehead atoms. The number of aliphatic hydroxyl groups excluding tert-OH is 1. The molecular formula is C16H25NO. The van der Waals surface area contributed by atoms with Gasteiger partial charge in [-0.15, -0.1) is 0 Å². The Labute approximate surface area is 110 Å². The van der Waals surface area contributed by atoms with Gasteiger partial charge in [-0.05, 0) is 35.3 Å². The molecule has 2 heteroatoms. The van der Waals surface area contributed by atoms with Crippen molar-refractivity contribution in [2.24, 2.45) is 0 Å². The van der Waals surface area contributed by atoms with E-state index in [0.29, 0.717) is 12.0 Å². The molecule has 2 unspecified atom stereocenters. The van der Waals surface area contributed by atoms with Crippen molar-refractivity contribution in [1.29, 1.82) is 0 Å². The summed E-state index contributed by atoms with van der Waals surface area (Å²) < 4.78 is 0. The van der Waals surface area contributed by atoms with Gasteiger partial charge in [0.2, 0.25) is 0 Å². The van der Waals surface area contributed by atoms with Crippen LogP contribution in [0.3, 0.4) is 0 Å². The van der Waals surface area contributed by atoms with Gasteiger partial charge >= 0.3 is 0 Å². The van der Waals surface area contributed by atoms with Crippen LogP contribution in [0.2, 0.25) is 0 Å². The third-order valence-electron chi connectivity index (χ3n) is 3.99. The van der Waals surface area contributed by atoms with Gasteiger partial charge in [0.1, 0.15) is 0 Å². The minimum absolute atomic E-state index is 0.228. The van der Waals surface area contributed by atoms with Crippen LogP contribution in [-0.2, 0) is 5.41 Å². The first kappa shape index (κ1) is 13.6. The Morgan fingerprint density at radius 2 is 1.83 bits per heavy atom. The van der Waals surface area contributed by atoms with Gasteiger partial charge in [0.15, 0.2) is 0 Å². The van der Waals surface area contributed by atoms with Crippen LogP contribution in [0.15, 0.2) is 24.3 Å². The van der Waals surface area contributed by atoms with Crippen molar-refractivity contribution in [2.45, 2.75) is 51.0 Å². The zero-order valence-corrected chi connectivity index (χ0v) is 11.7. The van der Waals surface area contributed by atoms with Crippen LogP contribution in [-0.4, -0.2) is 24.3 Å². The molecule has 0 spiro atoms. The third-order valence-corrected chi connectivity index (χ3v) is 3.99. The van der Waals surface area contributed by atoms with Crippen molar-refractivity contribution in [3.05, 3.63) is 35.4 Å². The Hall–Kier alpha value is -0.860. The molecule has 0 amide bonds. The van der Waals surface area contributed by atoms with E-state index in [2.05, 4.69) is 50.4 Å². The fourth-order valence-electron chi connectivity index (χ4n) is 2.61. The Morgan fingerprint density at radius 3 is 2.28 bits per heavy atom. The van der Waals surface area contributed by atoms with Gasteiger partial charge in [-0.2, -0.15) is 0 Å². The van der Waals surface area contributed by atoms with E-state index in [1.54, 1.807) is 0 Å². The standard InChI is InChI=1S/C16H25NO/c1-16(2,3)14-7-4-12(5-8-14)13-6-9-15(11-18)17-10-13/h4-5,7-8,13,15,17-18H,6,9-11H2,1-3H3. The van der Waals surface area contributed by atoms with Crippen molar-refractivity contribution in [1.82, 2.24) is 5.32 Å². The van der Waals surface area contributed by atoms with Gasteiger partial charge in [0, 0.05) is 12.6 Å². The highest BCUT2D eigenvalue weighted by Gasteiger charge is 2.21. The van der Waals surface area contributed by atoms with Crippen LogP contribution in [0, 0.1) is 0 Å². The Kier molecular flexibility index (Phi) is 4.08. The Bertz CT molecular complexity index is 369. The lowest BCUT2D eigenvalue weighted by molar-refractivity contribution is 0.213. The van der Waals surface area contributed by atoms with Gasteiger partial charge in [-0.3, -0.25) is 0 Å². The SMILES string of the molecule is CC(C)(C)c1ccc(C2CCC(CO)NC2)cc1. The zero-order chi connectivity index (χ0) is 13.2. The zero-order valence-electron chi connectivity index (χ0n) is 11.7. The first-order chi connectivity index (χ1) is 8.50. The highest BCUT2D eigenvalue weighted by molar-refractivity contribution is 5.30. The van der Waals surface area contributed by atoms with Crippen LogP contribution >= 0.6 is 0 Å². The fraction of sp³-hybridized carbons (Fsp3) is 0.625. The van der Waals surface area contributed by atoms with E-state index in [9.17, 15) is 0 Å². The monoisotopic (exact) mass is 247 g/mol. The molecule has 2 nitrogen and oxygen atoms in total. The molecule has 1 fully saturated rings. The van der Waals surface area contributed by atoms with Crippen LogP contribution in [0.25, 0.3) is 0 Å². The summed E-state index contributed by atoms with van der Waals surface area (Å²) in [5, 5.41) is 12.5. The smallest absolute Gasteiger partial charge is 0.0584 e. The summed E-state index contributed by atoms with van der Waals surface area (Å²) in [6.07, 6.45) is 2.25. The summed E-state index contributed by atoms with van der Waals surface area (Å²) in [7, 11) is 0. The lowest BCUT2D eigenvalue weighted by Crippen LogP contribution is -2.40. The number of aliphatic hydroxyl groups is 1. The fourth-order valence-corrected chi connectivity index (χ4v) is 2.61. The number of nitrogens with one attached hydrogen (secondary N) is 1. The topological polar surface area (TPSA) is 32.3 Å². The summed E-state index contributed by atoms with van der Waals surface area (Å²) in [6.45, 7) is 7.98. The predicted octanol–water partition coefficient (Wildman–Crippen LogP) is 2.81. The number of rotatable bonds is 2. The molecule has 1 heterocycles. The van der Waals surface area contributed by atoms with Gasteiger partial charge in [0.25, 0.3) is 0 Å². The van der Waals surface area contributed by atoms with Crippen LogP contribution in [0.1, 0.15) is 50.7 Å². The van der Waals surface area contributed by atoms with E-state index < -0.39 is 0 Å². The maximum Gasteiger partial charge on any atom is 0.0584 e. The van der Waals surface area contributed by atoms with E-state index in [1.165, 1.54) is 17.5 Å². The molecule has 1 aliphatic heterocycles. The van der Waals surface area contributed by atoms with Crippen molar-refractivity contribution in [2.75, 3.05) is 13.2 Å². The molecule has 18 heavy (non-hydrogen) atoms. The van der Waals surface area contributed by atoms with Gasteiger partial charge in [-0.25, -0.2) is 0 Å². The van der Waals surface area contributed by atoms with E-state index in [1.807, 2.05) is 0 Å². The quantitative estimate of drug-likeness (QED) is 0.842. The molecule has 2 rings (SSSR count). The van der Waals surface area contributed by atoms with Crippen molar-refractivity contribution in [3.63, 3.8) is 0 Å². The molecule has 1 aromatic carbocycles.